The van der Waals surface area contributed by atoms with Gasteiger partial charge >= 0.3 is 6.18 Å². The Morgan fingerprint density at radius 3 is 2.72 bits per heavy atom. The number of rotatable bonds is 2. The van der Waals surface area contributed by atoms with Crippen LogP contribution >= 0.6 is 0 Å². The minimum atomic E-state index is -4.21. The van der Waals surface area contributed by atoms with Crippen LogP contribution in [-0.2, 0) is 6.54 Å². The lowest BCUT2D eigenvalue weighted by molar-refractivity contribution is -0.0943. The lowest BCUT2D eigenvalue weighted by Gasteiger charge is -2.30. The Balaban J connectivity index is 2.17. The molecule has 98 valence electrons. The molecule has 0 aromatic carbocycles. The SMILES string of the molecule is NCc1ncccc1N1CC=C(C(F)(F)F)CC1. The Morgan fingerprint density at radius 2 is 2.17 bits per heavy atom. The first kappa shape index (κ1) is 12.9. The molecule has 0 unspecified atom stereocenters. The van der Waals surface area contributed by atoms with Crippen molar-refractivity contribution in [3.63, 3.8) is 0 Å². The molecule has 0 amide bonds. The van der Waals surface area contributed by atoms with Gasteiger partial charge in [-0.1, -0.05) is 6.08 Å². The van der Waals surface area contributed by atoms with Crippen molar-refractivity contribution < 1.29 is 13.2 Å². The average molecular weight is 257 g/mol. The summed E-state index contributed by atoms with van der Waals surface area (Å²) in [7, 11) is 0. The molecular weight excluding hydrogens is 243 g/mol. The van der Waals surface area contributed by atoms with E-state index in [-0.39, 0.29) is 19.5 Å². The van der Waals surface area contributed by atoms with Crippen molar-refractivity contribution in [1.29, 1.82) is 0 Å². The molecule has 0 spiro atoms. The van der Waals surface area contributed by atoms with Gasteiger partial charge in [0.1, 0.15) is 0 Å². The first-order valence-electron chi connectivity index (χ1n) is 5.67. The summed E-state index contributed by atoms with van der Waals surface area (Å²) >= 11 is 0. The molecule has 2 heterocycles. The Morgan fingerprint density at radius 1 is 1.39 bits per heavy atom. The minimum absolute atomic E-state index is 0.00239. The van der Waals surface area contributed by atoms with Crippen LogP contribution in [0.5, 0.6) is 0 Å². The van der Waals surface area contributed by atoms with Gasteiger partial charge in [0, 0.05) is 31.4 Å². The maximum atomic E-state index is 12.5. The van der Waals surface area contributed by atoms with E-state index in [1.54, 1.807) is 12.3 Å². The Kier molecular flexibility index (Phi) is 3.56. The molecule has 3 nitrogen and oxygen atoms in total. The van der Waals surface area contributed by atoms with Crippen LogP contribution in [0.3, 0.4) is 0 Å². The summed E-state index contributed by atoms with van der Waals surface area (Å²) in [4.78, 5) is 6.00. The standard InChI is InChI=1S/C12H14F3N3/c13-12(14,15)9-3-6-18(7-4-9)11-2-1-5-17-10(11)8-16/h1-3,5H,4,6-8,16H2. The van der Waals surface area contributed by atoms with Crippen LogP contribution < -0.4 is 10.6 Å². The highest BCUT2D eigenvalue weighted by atomic mass is 19.4. The molecule has 2 N–H and O–H groups in total. The maximum absolute atomic E-state index is 12.5. The topological polar surface area (TPSA) is 42.1 Å². The van der Waals surface area contributed by atoms with Crippen LogP contribution in [0, 0.1) is 0 Å². The van der Waals surface area contributed by atoms with Crippen molar-refractivity contribution in [2.45, 2.75) is 19.1 Å². The molecule has 1 aromatic heterocycles. The lowest BCUT2D eigenvalue weighted by Crippen LogP contribution is -2.32. The summed E-state index contributed by atoms with van der Waals surface area (Å²) in [6, 6.07) is 3.60. The average Bonchev–Trinajstić information content (AvgIpc) is 2.38. The van der Waals surface area contributed by atoms with E-state index in [9.17, 15) is 13.2 Å². The molecule has 18 heavy (non-hydrogen) atoms. The number of aromatic nitrogens is 1. The third-order valence-electron chi connectivity index (χ3n) is 2.97. The van der Waals surface area contributed by atoms with Gasteiger partial charge in [-0.25, -0.2) is 0 Å². The van der Waals surface area contributed by atoms with E-state index in [1.165, 1.54) is 6.08 Å². The third-order valence-corrected chi connectivity index (χ3v) is 2.97. The summed E-state index contributed by atoms with van der Waals surface area (Å²) in [5, 5.41) is 0. The Bertz CT molecular complexity index is 454. The first-order chi connectivity index (χ1) is 8.52. The molecule has 1 aliphatic rings. The fraction of sp³-hybridized carbons (Fsp3) is 0.417. The van der Waals surface area contributed by atoms with Gasteiger partial charge in [-0.05, 0) is 18.6 Å². The number of anilines is 1. The number of nitrogens with zero attached hydrogens (tertiary/aromatic N) is 2. The number of hydrogen-bond acceptors (Lipinski definition) is 3. The van der Waals surface area contributed by atoms with Crippen molar-refractivity contribution in [2.75, 3.05) is 18.0 Å². The van der Waals surface area contributed by atoms with E-state index >= 15 is 0 Å². The van der Waals surface area contributed by atoms with Gasteiger partial charge < -0.3 is 10.6 Å². The van der Waals surface area contributed by atoms with E-state index in [2.05, 4.69) is 4.98 Å². The molecule has 0 atom stereocenters. The summed E-state index contributed by atoms with van der Waals surface area (Å²) < 4.78 is 37.5. The predicted octanol–water partition coefficient (Wildman–Crippen LogP) is 2.24. The monoisotopic (exact) mass is 257 g/mol. The van der Waals surface area contributed by atoms with Gasteiger partial charge in [0.05, 0.1) is 11.4 Å². The number of hydrogen-bond donors (Lipinski definition) is 1. The van der Waals surface area contributed by atoms with Crippen molar-refractivity contribution in [3.8, 4) is 0 Å². The largest absolute Gasteiger partial charge is 0.412 e. The third kappa shape index (κ3) is 2.64. The second kappa shape index (κ2) is 4.97. The van der Waals surface area contributed by atoms with Gasteiger partial charge in [-0.2, -0.15) is 13.2 Å². The molecule has 2 rings (SSSR count). The van der Waals surface area contributed by atoms with Crippen molar-refractivity contribution in [3.05, 3.63) is 35.7 Å². The van der Waals surface area contributed by atoms with Crippen LogP contribution in [0.4, 0.5) is 18.9 Å². The maximum Gasteiger partial charge on any atom is 0.412 e. The van der Waals surface area contributed by atoms with Crippen LogP contribution in [-0.4, -0.2) is 24.2 Å². The summed E-state index contributed by atoms with van der Waals surface area (Å²) in [5.74, 6) is 0. The molecule has 0 aliphatic carbocycles. The van der Waals surface area contributed by atoms with Crippen LogP contribution in [0.15, 0.2) is 30.0 Å². The van der Waals surface area contributed by atoms with Gasteiger partial charge in [0.15, 0.2) is 0 Å². The predicted molar refractivity (Wildman–Crippen MR) is 63.1 cm³/mol. The zero-order valence-corrected chi connectivity index (χ0v) is 9.74. The molecule has 0 fully saturated rings. The van der Waals surface area contributed by atoms with E-state index < -0.39 is 11.7 Å². The number of halogens is 3. The molecule has 0 bridgehead atoms. The zero-order chi connectivity index (χ0) is 13.2. The lowest BCUT2D eigenvalue weighted by atomic mass is 10.1. The summed E-state index contributed by atoms with van der Waals surface area (Å²) in [6.45, 7) is 0.861. The minimum Gasteiger partial charge on any atom is -0.366 e. The molecule has 1 aromatic rings. The van der Waals surface area contributed by atoms with Gasteiger partial charge in [0.2, 0.25) is 0 Å². The quantitative estimate of drug-likeness (QED) is 0.826. The van der Waals surface area contributed by atoms with E-state index in [1.807, 2.05) is 11.0 Å². The Labute approximate surface area is 103 Å². The highest BCUT2D eigenvalue weighted by molar-refractivity contribution is 5.52. The molecular formula is C12H14F3N3. The molecule has 0 radical (unpaired) electrons. The summed E-state index contributed by atoms with van der Waals surface area (Å²) in [6.07, 6.45) is -1.34. The van der Waals surface area contributed by atoms with Gasteiger partial charge in [0.25, 0.3) is 0 Å². The highest BCUT2D eigenvalue weighted by Gasteiger charge is 2.34. The highest BCUT2D eigenvalue weighted by Crippen LogP contribution is 2.31. The second-order valence-electron chi connectivity index (χ2n) is 4.10. The number of nitrogens with two attached hydrogens (primary N) is 1. The molecule has 1 aliphatic heterocycles. The van der Waals surface area contributed by atoms with E-state index in [0.29, 0.717) is 12.2 Å². The zero-order valence-electron chi connectivity index (χ0n) is 9.74. The smallest absolute Gasteiger partial charge is 0.366 e. The second-order valence-corrected chi connectivity index (χ2v) is 4.10. The first-order valence-corrected chi connectivity index (χ1v) is 5.67. The number of pyridine rings is 1. The van der Waals surface area contributed by atoms with Crippen LogP contribution in [0.25, 0.3) is 0 Å². The van der Waals surface area contributed by atoms with Crippen LogP contribution in [0.1, 0.15) is 12.1 Å². The van der Waals surface area contributed by atoms with Gasteiger partial charge in [-0.15, -0.1) is 0 Å². The Hall–Kier alpha value is -1.56. The number of alkyl halides is 3. The van der Waals surface area contributed by atoms with Gasteiger partial charge in [-0.3, -0.25) is 4.98 Å². The molecule has 6 heteroatoms. The van der Waals surface area contributed by atoms with Crippen molar-refractivity contribution in [2.24, 2.45) is 5.73 Å². The fourth-order valence-electron chi connectivity index (χ4n) is 2.02. The van der Waals surface area contributed by atoms with Crippen molar-refractivity contribution in [1.82, 2.24) is 4.98 Å². The summed E-state index contributed by atoms with van der Waals surface area (Å²) in [5.41, 5.74) is 6.65. The van der Waals surface area contributed by atoms with E-state index in [0.717, 1.165) is 5.69 Å². The molecule has 0 saturated heterocycles. The molecule has 0 saturated carbocycles. The van der Waals surface area contributed by atoms with Crippen LogP contribution in [0.2, 0.25) is 0 Å². The van der Waals surface area contributed by atoms with Crippen molar-refractivity contribution >= 4 is 5.69 Å². The normalized spacial score (nSPS) is 16.7. The fourth-order valence-corrected chi connectivity index (χ4v) is 2.02. The van der Waals surface area contributed by atoms with E-state index in [4.69, 9.17) is 5.73 Å².